The minimum atomic E-state index is -0.792. The van der Waals surface area contributed by atoms with E-state index < -0.39 is 6.10 Å². The van der Waals surface area contributed by atoms with Crippen LogP contribution in [-0.2, 0) is 28.6 Å². The van der Waals surface area contributed by atoms with E-state index >= 15 is 0 Å². The van der Waals surface area contributed by atoms with Crippen LogP contribution in [0.25, 0.3) is 0 Å². The quantitative estimate of drug-likeness (QED) is 0.0261. The first-order chi connectivity index (χ1) is 36.0. The van der Waals surface area contributed by atoms with E-state index in [1.54, 1.807) is 0 Å². The molecule has 0 N–H and O–H groups in total. The molecule has 418 valence electrons. The fourth-order valence-corrected chi connectivity index (χ4v) is 8.54. The maximum absolute atomic E-state index is 12.9. The van der Waals surface area contributed by atoms with Gasteiger partial charge in [-0.25, -0.2) is 0 Å². The Morgan fingerprint density at radius 2 is 0.534 bits per heavy atom. The van der Waals surface area contributed by atoms with Crippen molar-refractivity contribution >= 4 is 17.9 Å². The lowest BCUT2D eigenvalue weighted by atomic mass is 10.0. The first-order valence-electron chi connectivity index (χ1n) is 30.7. The third-order valence-electron chi connectivity index (χ3n) is 13.1. The van der Waals surface area contributed by atoms with Gasteiger partial charge in [0.1, 0.15) is 13.2 Å². The molecule has 0 radical (unpaired) electrons. The van der Waals surface area contributed by atoms with Crippen molar-refractivity contribution in [3.8, 4) is 0 Å². The Bertz CT molecular complexity index is 1440. The summed E-state index contributed by atoms with van der Waals surface area (Å²) in [6, 6.07) is 0. The van der Waals surface area contributed by atoms with Gasteiger partial charge in [-0.2, -0.15) is 0 Å². The van der Waals surface area contributed by atoms with Gasteiger partial charge in [-0.05, 0) is 96.3 Å². The molecule has 0 spiro atoms. The van der Waals surface area contributed by atoms with Gasteiger partial charge >= 0.3 is 17.9 Å². The minimum Gasteiger partial charge on any atom is -0.462 e. The Morgan fingerprint density at radius 3 is 0.849 bits per heavy atom. The molecular formula is C67H114O6. The van der Waals surface area contributed by atoms with E-state index in [4.69, 9.17) is 14.2 Å². The minimum absolute atomic E-state index is 0.0883. The summed E-state index contributed by atoms with van der Waals surface area (Å²) in [5.41, 5.74) is 0. The molecule has 73 heavy (non-hydrogen) atoms. The van der Waals surface area contributed by atoms with Crippen LogP contribution in [0.15, 0.2) is 97.2 Å². The normalized spacial score (nSPS) is 12.8. The molecule has 0 aromatic rings. The highest BCUT2D eigenvalue weighted by atomic mass is 16.6. The summed E-state index contributed by atoms with van der Waals surface area (Å²) in [6.07, 6.45) is 81.2. The summed E-state index contributed by atoms with van der Waals surface area (Å²) in [5, 5.41) is 0. The molecule has 0 saturated carbocycles. The van der Waals surface area contributed by atoms with Crippen LogP contribution in [0, 0.1) is 0 Å². The number of rotatable bonds is 55. The van der Waals surface area contributed by atoms with Crippen LogP contribution < -0.4 is 0 Å². The van der Waals surface area contributed by atoms with Crippen molar-refractivity contribution < 1.29 is 28.6 Å². The summed E-state index contributed by atoms with van der Waals surface area (Å²) >= 11 is 0. The van der Waals surface area contributed by atoms with Crippen molar-refractivity contribution in [3.05, 3.63) is 97.2 Å². The molecule has 0 heterocycles. The molecule has 0 aliphatic carbocycles. The fraction of sp³-hybridized carbons (Fsp3) is 0.716. The SMILES string of the molecule is CC/C=C\C/C=C\C/C=C\C/C=C\C/C=C\CCCCCCCCCCCC(=O)OCC(COC(=O)CCCCC/C=C\C/C=C\C/C=C\CC)OC(=O)CCCCCCCCCCCCCCCCCCC. The Labute approximate surface area is 451 Å². The molecule has 0 amide bonds. The van der Waals surface area contributed by atoms with E-state index in [0.29, 0.717) is 19.3 Å². The van der Waals surface area contributed by atoms with Gasteiger partial charge < -0.3 is 14.2 Å². The summed E-state index contributed by atoms with van der Waals surface area (Å²) < 4.78 is 16.9. The molecular weight excluding hydrogens is 901 g/mol. The molecule has 0 bridgehead atoms. The van der Waals surface area contributed by atoms with Crippen LogP contribution in [0.2, 0.25) is 0 Å². The van der Waals surface area contributed by atoms with Crippen molar-refractivity contribution in [1.29, 1.82) is 0 Å². The molecule has 6 heteroatoms. The number of carbonyl (C=O) groups excluding carboxylic acids is 3. The van der Waals surface area contributed by atoms with Crippen LogP contribution in [0.5, 0.6) is 0 Å². The molecule has 0 aliphatic heterocycles. The second kappa shape index (κ2) is 60.9. The smallest absolute Gasteiger partial charge is 0.306 e. The van der Waals surface area contributed by atoms with Gasteiger partial charge in [-0.3, -0.25) is 14.4 Å². The summed E-state index contributed by atoms with van der Waals surface area (Å²) in [5.74, 6) is -0.915. The molecule has 0 fully saturated rings. The molecule has 0 aliphatic rings. The van der Waals surface area contributed by atoms with Gasteiger partial charge in [0.05, 0.1) is 0 Å². The van der Waals surface area contributed by atoms with Gasteiger partial charge in [-0.1, -0.05) is 272 Å². The average molecular weight is 1020 g/mol. The number of esters is 3. The predicted molar refractivity (Wildman–Crippen MR) is 316 cm³/mol. The molecule has 6 nitrogen and oxygen atoms in total. The van der Waals surface area contributed by atoms with Crippen molar-refractivity contribution in [2.24, 2.45) is 0 Å². The van der Waals surface area contributed by atoms with Crippen molar-refractivity contribution in [1.82, 2.24) is 0 Å². The second-order valence-electron chi connectivity index (χ2n) is 20.2. The van der Waals surface area contributed by atoms with Crippen molar-refractivity contribution in [2.75, 3.05) is 13.2 Å². The van der Waals surface area contributed by atoms with E-state index in [2.05, 4.69) is 118 Å². The first kappa shape index (κ1) is 69.3. The lowest BCUT2D eigenvalue weighted by molar-refractivity contribution is -0.167. The van der Waals surface area contributed by atoms with Gasteiger partial charge in [0.25, 0.3) is 0 Å². The van der Waals surface area contributed by atoms with Crippen LogP contribution in [-0.4, -0.2) is 37.2 Å². The molecule has 0 aromatic heterocycles. The van der Waals surface area contributed by atoms with E-state index in [1.807, 2.05) is 0 Å². The van der Waals surface area contributed by atoms with E-state index in [0.717, 1.165) is 122 Å². The summed E-state index contributed by atoms with van der Waals surface area (Å²) in [6.45, 7) is 6.41. The maximum atomic E-state index is 12.9. The predicted octanol–water partition coefficient (Wildman–Crippen LogP) is 20.9. The number of hydrogen-bond donors (Lipinski definition) is 0. The zero-order chi connectivity index (χ0) is 52.9. The fourth-order valence-electron chi connectivity index (χ4n) is 8.54. The highest BCUT2D eigenvalue weighted by Crippen LogP contribution is 2.16. The number of ether oxygens (including phenoxy) is 3. The molecule has 0 rings (SSSR count). The van der Waals surface area contributed by atoms with Gasteiger partial charge in [0, 0.05) is 19.3 Å². The molecule has 0 aromatic carbocycles. The van der Waals surface area contributed by atoms with E-state index in [1.165, 1.54) is 128 Å². The van der Waals surface area contributed by atoms with Crippen LogP contribution in [0.1, 0.15) is 290 Å². The summed E-state index contributed by atoms with van der Waals surface area (Å²) in [7, 11) is 0. The number of carbonyl (C=O) groups is 3. The Hall–Kier alpha value is -3.67. The van der Waals surface area contributed by atoms with Crippen LogP contribution in [0.4, 0.5) is 0 Å². The summed E-state index contributed by atoms with van der Waals surface area (Å²) in [4.78, 5) is 38.2. The van der Waals surface area contributed by atoms with Crippen molar-refractivity contribution in [3.63, 3.8) is 0 Å². The van der Waals surface area contributed by atoms with E-state index in [9.17, 15) is 14.4 Å². The van der Waals surface area contributed by atoms with Gasteiger partial charge in [-0.15, -0.1) is 0 Å². The second-order valence-corrected chi connectivity index (χ2v) is 20.2. The number of hydrogen-bond acceptors (Lipinski definition) is 6. The Kier molecular flexibility index (Phi) is 57.8. The topological polar surface area (TPSA) is 78.9 Å². The van der Waals surface area contributed by atoms with Crippen molar-refractivity contribution in [2.45, 2.75) is 297 Å². The Morgan fingerprint density at radius 1 is 0.288 bits per heavy atom. The maximum Gasteiger partial charge on any atom is 0.306 e. The molecule has 1 atom stereocenters. The third kappa shape index (κ3) is 59.1. The van der Waals surface area contributed by atoms with Crippen LogP contribution >= 0.6 is 0 Å². The highest BCUT2D eigenvalue weighted by molar-refractivity contribution is 5.71. The lowest BCUT2D eigenvalue weighted by Crippen LogP contribution is -2.30. The standard InChI is InChI=1S/C67H114O6/c1-4-7-10-13-16-19-22-25-27-29-30-31-32-33-34-35-36-38-39-42-45-48-51-54-57-60-66(69)72-63-64(62-71-65(68)59-56-53-50-47-44-41-24-21-18-15-12-9-6-3)73-67(70)61-58-55-52-49-46-43-40-37-28-26-23-20-17-14-11-8-5-2/h7,9-10,12,16,18-19,21,25,27,30-31,33-34,41,44,64H,4-6,8,11,13-15,17,20,22-24,26,28-29,32,35-40,42-43,45-63H2,1-3H3/b10-7-,12-9-,19-16-,21-18-,27-25-,31-30-,34-33-,44-41-. The monoisotopic (exact) mass is 1010 g/mol. The third-order valence-corrected chi connectivity index (χ3v) is 13.1. The number of allylic oxidation sites excluding steroid dienone is 16. The molecule has 1 unspecified atom stereocenters. The zero-order valence-corrected chi connectivity index (χ0v) is 47.9. The highest BCUT2D eigenvalue weighted by Gasteiger charge is 2.19. The Balaban J connectivity index is 4.34. The average Bonchev–Trinajstić information content (AvgIpc) is 3.39. The largest absolute Gasteiger partial charge is 0.462 e. The van der Waals surface area contributed by atoms with Gasteiger partial charge in [0.15, 0.2) is 6.10 Å². The van der Waals surface area contributed by atoms with Gasteiger partial charge in [0.2, 0.25) is 0 Å². The lowest BCUT2D eigenvalue weighted by Gasteiger charge is -2.18. The zero-order valence-electron chi connectivity index (χ0n) is 47.9. The number of unbranched alkanes of at least 4 members (excludes halogenated alkanes) is 28. The van der Waals surface area contributed by atoms with E-state index in [-0.39, 0.29) is 31.1 Å². The molecule has 0 saturated heterocycles. The first-order valence-corrected chi connectivity index (χ1v) is 30.7. The van der Waals surface area contributed by atoms with Crippen LogP contribution in [0.3, 0.4) is 0 Å².